The first-order valence-corrected chi connectivity index (χ1v) is 13.3. The highest BCUT2D eigenvalue weighted by Gasteiger charge is 2.26. The lowest BCUT2D eigenvalue weighted by atomic mass is 10.0. The molecule has 1 fully saturated rings. The van der Waals surface area contributed by atoms with E-state index in [0.717, 1.165) is 18.9 Å². The largest absolute Gasteiger partial charge is 0.490 e. The number of para-hydroxylation sites is 1. The predicted octanol–water partition coefficient (Wildman–Crippen LogP) is 4.38. The Labute approximate surface area is 212 Å². The summed E-state index contributed by atoms with van der Waals surface area (Å²) in [6, 6.07) is 8.69. The van der Waals surface area contributed by atoms with Crippen LogP contribution >= 0.6 is 0 Å². The van der Waals surface area contributed by atoms with Crippen molar-refractivity contribution in [2.24, 2.45) is 5.14 Å². The van der Waals surface area contributed by atoms with Gasteiger partial charge in [0.2, 0.25) is 10.0 Å². The molecule has 1 aliphatic rings. The summed E-state index contributed by atoms with van der Waals surface area (Å²) in [5, 5.41) is 9.63. The van der Waals surface area contributed by atoms with Crippen LogP contribution in [0.1, 0.15) is 38.4 Å². The number of hydrogen-bond acceptors (Lipinski definition) is 8. The van der Waals surface area contributed by atoms with Crippen LogP contribution in [0.15, 0.2) is 52.0 Å². The van der Waals surface area contributed by atoms with E-state index in [1.165, 1.54) is 6.20 Å². The molecule has 194 valence electrons. The van der Waals surface area contributed by atoms with Gasteiger partial charge in [-0.15, -0.1) is 0 Å². The molecule has 0 bridgehead atoms. The molecular weight excluding hydrogens is 504 g/mol. The van der Waals surface area contributed by atoms with Gasteiger partial charge in [0.1, 0.15) is 28.4 Å². The van der Waals surface area contributed by atoms with E-state index in [0.29, 0.717) is 53.2 Å². The number of rotatable bonds is 6. The lowest BCUT2D eigenvalue weighted by molar-refractivity contribution is 0.170. The molecule has 0 atom stereocenters. The Hall–Kier alpha value is -3.64. The average Bonchev–Trinajstić information content (AvgIpc) is 3.36. The SMILES string of the molecule is CC(C)c1noc(N2CCC(Oc3ccnc4c(-c5cc(F)c(S(N)(=O)=O)cc5F)cccc34)CC2)n1. The van der Waals surface area contributed by atoms with Crippen LogP contribution in [-0.2, 0) is 10.0 Å². The molecule has 0 amide bonds. The van der Waals surface area contributed by atoms with Crippen molar-refractivity contribution in [3.63, 3.8) is 0 Å². The number of ether oxygens (including phenoxy) is 1. The Morgan fingerprint density at radius 1 is 1.11 bits per heavy atom. The Balaban J connectivity index is 1.39. The molecule has 1 saturated heterocycles. The Morgan fingerprint density at radius 3 is 2.54 bits per heavy atom. The molecule has 0 spiro atoms. The van der Waals surface area contributed by atoms with Crippen LogP contribution < -0.4 is 14.8 Å². The highest BCUT2D eigenvalue weighted by molar-refractivity contribution is 7.89. The van der Waals surface area contributed by atoms with Crippen LogP contribution in [0.25, 0.3) is 22.0 Å². The molecule has 4 aromatic rings. The minimum atomic E-state index is -4.41. The zero-order chi connectivity index (χ0) is 26.3. The summed E-state index contributed by atoms with van der Waals surface area (Å²) in [5.74, 6) is -0.660. The maximum Gasteiger partial charge on any atom is 0.324 e. The van der Waals surface area contributed by atoms with Crippen LogP contribution in [0.4, 0.5) is 14.8 Å². The fourth-order valence-corrected chi connectivity index (χ4v) is 4.96. The maximum atomic E-state index is 14.9. The second-order valence-corrected chi connectivity index (χ2v) is 10.7. The number of aromatic nitrogens is 3. The van der Waals surface area contributed by atoms with E-state index >= 15 is 0 Å². The van der Waals surface area contributed by atoms with Gasteiger partial charge in [-0.2, -0.15) is 4.98 Å². The maximum absolute atomic E-state index is 14.9. The van der Waals surface area contributed by atoms with Crippen LogP contribution in [0, 0.1) is 11.6 Å². The number of piperidine rings is 1. The molecule has 2 aromatic carbocycles. The third kappa shape index (κ3) is 4.98. The number of nitrogens with two attached hydrogens (primary N) is 1. The molecule has 0 saturated carbocycles. The zero-order valence-electron chi connectivity index (χ0n) is 20.2. The van der Waals surface area contributed by atoms with Crippen molar-refractivity contribution in [1.82, 2.24) is 15.1 Å². The van der Waals surface area contributed by atoms with Crippen molar-refractivity contribution >= 4 is 26.9 Å². The first-order chi connectivity index (χ1) is 17.6. The minimum Gasteiger partial charge on any atom is -0.490 e. The molecule has 0 radical (unpaired) electrons. The number of anilines is 1. The van der Waals surface area contributed by atoms with Crippen molar-refractivity contribution < 1.29 is 26.5 Å². The Morgan fingerprint density at radius 2 is 1.86 bits per heavy atom. The molecule has 3 heterocycles. The summed E-state index contributed by atoms with van der Waals surface area (Å²) < 4.78 is 64.2. The summed E-state index contributed by atoms with van der Waals surface area (Å²) in [6.07, 6.45) is 2.89. The van der Waals surface area contributed by atoms with Gasteiger partial charge in [0, 0.05) is 54.6 Å². The second kappa shape index (κ2) is 9.67. The number of halogens is 2. The van der Waals surface area contributed by atoms with E-state index in [4.69, 9.17) is 14.4 Å². The van der Waals surface area contributed by atoms with Crippen LogP contribution in [0.3, 0.4) is 0 Å². The molecule has 9 nitrogen and oxygen atoms in total. The highest BCUT2D eigenvalue weighted by atomic mass is 32.2. The lowest BCUT2D eigenvalue weighted by Gasteiger charge is -2.31. The van der Waals surface area contributed by atoms with E-state index in [2.05, 4.69) is 15.1 Å². The quantitative estimate of drug-likeness (QED) is 0.390. The Bertz CT molecular complexity index is 1570. The third-order valence-electron chi connectivity index (χ3n) is 6.30. The molecule has 5 rings (SSSR count). The topological polar surface area (TPSA) is 124 Å². The first-order valence-electron chi connectivity index (χ1n) is 11.8. The monoisotopic (exact) mass is 529 g/mol. The van der Waals surface area contributed by atoms with E-state index in [-0.39, 0.29) is 17.6 Å². The number of hydrogen-bond donors (Lipinski definition) is 1. The van der Waals surface area contributed by atoms with Crippen molar-refractivity contribution in [2.75, 3.05) is 18.0 Å². The number of pyridine rings is 1. The zero-order valence-corrected chi connectivity index (χ0v) is 21.0. The fraction of sp³-hybridized carbons (Fsp3) is 0.320. The van der Waals surface area contributed by atoms with Crippen LogP contribution in [0.5, 0.6) is 5.75 Å². The Kier molecular flexibility index (Phi) is 6.54. The molecular formula is C25H25F2N5O4S. The number of fused-ring (bicyclic) bond motifs is 1. The number of nitrogens with zero attached hydrogens (tertiary/aromatic N) is 4. The molecule has 0 unspecified atom stereocenters. The minimum absolute atomic E-state index is 0.0822. The van der Waals surface area contributed by atoms with Gasteiger partial charge in [0.05, 0.1) is 5.52 Å². The van der Waals surface area contributed by atoms with Gasteiger partial charge in [0.15, 0.2) is 5.82 Å². The van der Waals surface area contributed by atoms with Crippen LogP contribution in [-0.4, -0.2) is 42.7 Å². The van der Waals surface area contributed by atoms with Gasteiger partial charge in [-0.3, -0.25) is 4.98 Å². The summed E-state index contributed by atoms with van der Waals surface area (Å²) in [6.45, 7) is 5.37. The van der Waals surface area contributed by atoms with Crippen molar-refractivity contribution in [3.05, 3.63) is 60.1 Å². The summed E-state index contributed by atoms with van der Waals surface area (Å²) in [4.78, 5) is 9.96. The standard InChI is InChI=1S/C25H25F2N5O4S/c1-14(2)24-30-25(36-31-24)32-10-7-15(8-11-32)35-21-6-9-29-23-16(4-3-5-17(21)23)18-12-20(27)22(13-19(18)26)37(28,33)34/h3-6,9,12-15H,7-8,10-11H2,1-2H3,(H2,28,33,34). The third-order valence-corrected chi connectivity index (χ3v) is 7.23. The summed E-state index contributed by atoms with van der Waals surface area (Å²) in [7, 11) is -4.41. The van der Waals surface area contributed by atoms with Crippen molar-refractivity contribution in [2.45, 2.75) is 43.6 Å². The van der Waals surface area contributed by atoms with E-state index in [9.17, 15) is 17.2 Å². The highest BCUT2D eigenvalue weighted by Crippen LogP contribution is 2.36. The molecule has 1 aliphatic heterocycles. The molecule has 12 heteroatoms. The second-order valence-electron chi connectivity index (χ2n) is 9.21. The summed E-state index contributed by atoms with van der Waals surface area (Å²) in [5.41, 5.74) is 0.562. The van der Waals surface area contributed by atoms with E-state index < -0.39 is 26.6 Å². The van der Waals surface area contributed by atoms with E-state index in [1.54, 1.807) is 24.3 Å². The number of benzene rings is 2. The predicted molar refractivity (Wildman–Crippen MR) is 133 cm³/mol. The van der Waals surface area contributed by atoms with Gasteiger partial charge in [-0.25, -0.2) is 22.3 Å². The van der Waals surface area contributed by atoms with Gasteiger partial charge >= 0.3 is 6.01 Å². The summed E-state index contributed by atoms with van der Waals surface area (Å²) >= 11 is 0. The van der Waals surface area contributed by atoms with Crippen molar-refractivity contribution in [1.29, 1.82) is 0 Å². The van der Waals surface area contributed by atoms with E-state index in [1.807, 2.05) is 18.7 Å². The van der Waals surface area contributed by atoms with Gasteiger partial charge < -0.3 is 14.2 Å². The van der Waals surface area contributed by atoms with Crippen molar-refractivity contribution in [3.8, 4) is 16.9 Å². The molecule has 37 heavy (non-hydrogen) atoms. The van der Waals surface area contributed by atoms with Crippen LogP contribution in [0.2, 0.25) is 0 Å². The van der Waals surface area contributed by atoms with Gasteiger partial charge in [0.25, 0.3) is 0 Å². The molecule has 2 aromatic heterocycles. The van der Waals surface area contributed by atoms with Gasteiger partial charge in [-0.05, 0) is 24.3 Å². The lowest BCUT2D eigenvalue weighted by Crippen LogP contribution is -2.38. The molecule has 2 N–H and O–H groups in total. The number of primary sulfonamides is 1. The fourth-order valence-electron chi connectivity index (χ4n) is 4.36. The smallest absolute Gasteiger partial charge is 0.324 e. The first kappa shape index (κ1) is 25.0. The number of sulfonamides is 1. The normalized spacial score (nSPS) is 15.0. The molecule has 0 aliphatic carbocycles. The average molecular weight is 530 g/mol. The van der Waals surface area contributed by atoms with Gasteiger partial charge in [-0.1, -0.05) is 31.1 Å².